The Labute approximate surface area is 214 Å². The Balaban J connectivity index is 1.31. The zero-order chi connectivity index (χ0) is 25.5. The van der Waals surface area contributed by atoms with Crippen molar-refractivity contribution >= 4 is 6.08 Å². The molecule has 2 aliphatic rings. The fourth-order valence-corrected chi connectivity index (χ4v) is 5.79. The third kappa shape index (κ3) is 6.63. The predicted octanol–water partition coefficient (Wildman–Crippen LogP) is 9.73. The highest BCUT2D eigenvalue weighted by atomic mass is 19.2. The lowest BCUT2D eigenvalue weighted by molar-refractivity contribution is 0.310. The van der Waals surface area contributed by atoms with E-state index in [1.807, 2.05) is 24.3 Å². The van der Waals surface area contributed by atoms with E-state index < -0.39 is 11.6 Å². The van der Waals surface area contributed by atoms with Crippen molar-refractivity contribution in [2.75, 3.05) is 6.61 Å². The minimum absolute atomic E-state index is 0.0406. The topological polar surface area (TPSA) is 9.23 Å². The van der Waals surface area contributed by atoms with Crippen LogP contribution in [0.5, 0.6) is 5.75 Å². The van der Waals surface area contributed by atoms with Gasteiger partial charge in [-0.25, -0.2) is 13.2 Å². The van der Waals surface area contributed by atoms with Gasteiger partial charge in [-0.05, 0) is 98.3 Å². The molecule has 0 radical (unpaired) electrons. The summed E-state index contributed by atoms with van der Waals surface area (Å²) in [6.45, 7) is 6.45. The van der Waals surface area contributed by atoms with Crippen LogP contribution in [0.15, 0.2) is 49.1 Å². The van der Waals surface area contributed by atoms with E-state index in [1.54, 1.807) is 12.1 Å². The summed E-state index contributed by atoms with van der Waals surface area (Å²) in [5, 5.41) is 0. The Bertz CT molecular complexity index is 1040. The molecule has 4 rings (SSSR count). The first-order chi connectivity index (χ1) is 17.5. The number of halogens is 3. The van der Waals surface area contributed by atoms with Gasteiger partial charge in [0, 0.05) is 11.6 Å². The van der Waals surface area contributed by atoms with Gasteiger partial charge >= 0.3 is 0 Å². The smallest absolute Gasteiger partial charge is 0.162 e. The molecule has 4 heteroatoms. The molecule has 2 aliphatic carbocycles. The third-order valence-corrected chi connectivity index (χ3v) is 8.15. The van der Waals surface area contributed by atoms with E-state index in [0.29, 0.717) is 40.9 Å². The van der Waals surface area contributed by atoms with Gasteiger partial charge in [0.05, 0.1) is 6.61 Å². The lowest BCUT2D eigenvalue weighted by Crippen LogP contribution is -2.16. The summed E-state index contributed by atoms with van der Waals surface area (Å²) < 4.78 is 50.2. The standard InChI is InChI=1S/C32H39F3O/c1-3-4-5-20-36-27-17-16-26(30(33)21-27)15-10-23-8-13-25(14-9-23)29-19-18-28(31(34)32(29)35)24-11-6-22(2)7-12-24/h3,10,15-19,21-25H,1,4-9,11-14,20H2,2H3/b15-10+. The zero-order valence-electron chi connectivity index (χ0n) is 21.5. The fourth-order valence-electron chi connectivity index (χ4n) is 5.79. The molecule has 0 aromatic heterocycles. The Hall–Kier alpha value is -2.49. The predicted molar refractivity (Wildman–Crippen MR) is 142 cm³/mol. The molecule has 0 saturated heterocycles. The molecule has 36 heavy (non-hydrogen) atoms. The van der Waals surface area contributed by atoms with Gasteiger partial charge in [0.15, 0.2) is 11.6 Å². The molecule has 2 aromatic carbocycles. The van der Waals surface area contributed by atoms with Gasteiger partial charge in [-0.2, -0.15) is 0 Å². The van der Waals surface area contributed by atoms with Crippen molar-refractivity contribution in [3.8, 4) is 5.75 Å². The molecule has 0 bridgehead atoms. The van der Waals surface area contributed by atoms with Crippen LogP contribution in [0, 0.1) is 29.3 Å². The Morgan fingerprint density at radius 3 is 2.06 bits per heavy atom. The number of hydrogen-bond acceptors (Lipinski definition) is 1. The van der Waals surface area contributed by atoms with Crippen LogP contribution >= 0.6 is 0 Å². The highest BCUT2D eigenvalue weighted by Crippen LogP contribution is 2.41. The maximum absolute atomic E-state index is 15.1. The second-order valence-corrected chi connectivity index (χ2v) is 10.8. The second-order valence-electron chi connectivity index (χ2n) is 10.8. The van der Waals surface area contributed by atoms with Crippen molar-refractivity contribution in [2.45, 2.75) is 83.0 Å². The van der Waals surface area contributed by atoms with Crippen LogP contribution in [0.1, 0.15) is 99.7 Å². The molecule has 0 atom stereocenters. The monoisotopic (exact) mass is 496 g/mol. The number of benzene rings is 2. The van der Waals surface area contributed by atoms with E-state index in [1.165, 1.54) is 6.07 Å². The summed E-state index contributed by atoms with van der Waals surface area (Å²) >= 11 is 0. The molecule has 2 fully saturated rings. The first-order valence-corrected chi connectivity index (χ1v) is 13.7. The summed E-state index contributed by atoms with van der Waals surface area (Å²) in [6, 6.07) is 8.65. The van der Waals surface area contributed by atoms with Gasteiger partial charge in [-0.1, -0.05) is 50.1 Å². The first-order valence-electron chi connectivity index (χ1n) is 13.7. The van der Waals surface area contributed by atoms with Crippen LogP contribution in [0.3, 0.4) is 0 Å². The van der Waals surface area contributed by atoms with Gasteiger partial charge in [0.2, 0.25) is 0 Å². The van der Waals surface area contributed by atoms with Crippen molar-refractivity contribution in [3.05, 3.63) is 83.2 Å². The number of hydrogen-bond donors (Lipinski definition) is 0. The zero-order valence-corrected chi connectivity index (χ0v) is 21.5. The van der Waals surface area contributed by atoms with Crippen LogP contribution in [-0.4, -0.2) is 6.61 Å². The summed E-state index contributed by atoms with van der Waals surface area (Å²) in [5.41, 5.74) is 1.63. The Kier molecular flexibility index (Phi) is 9.34. The molecule has 0 unspecified atom stereocenters. The van der Waals surface area contributed by atoms with Crippen LogP contribution in [0.4, 0.5) is 13.2 Å². The Morgan fingerprint density at radius 1 is 0.861 bits per heavy atom. The maximum atomic E-state index is 15.1. The van der Waals surface area contributed by atoms with Crippen LogP contribution in [0.2, 0.25) is 0 Å². The van der Waals surface area contributed by atoms with Gasteiger partial charge in [0.1, 0.15) is 11.6 Å². The number of unbranched alkanes of at least 4 members (excludes halogenated alkanes) is 1. The molecule has 0 spiro atoms. The van der Waals surface area contributed by atoms with Crippen molar-refractivity contribution in [1.82, 2.24) is 0 Å². The average molecular weight is 497 g/mol. The average Bonchev–Trinajstić information content (AvgIpc) is 2.89. The highest BCUT2D eigenvalue weighted by Gasteiger charge is 2.28. The van der Waals surface area contributed by atoms with Crippen molar-refractivity contribution in [1.29, 1.82) is 0 Å². The molecule has 194 valence electrons. The Morgan fingerprint density at radius 2 is 1.47 bits per heavy atom. The van der Waals surface area contributed by atoms with Crippen molar-refractivity contribution in [3.63, 3.8) is 0 Å². The van der Waals surface area contributed by atoms with E-state index in [4.69, 9.17) is 4.74 Å². The minimum atomic E-state index is -0.640. The van der Waals surface area contributed by atoms with Crippen molar-refractivity contribution < 1.29 is 17.9 Å². The molecule has 2 saturated carbocycles. The van der Waals surface area contributed by atoms with E-state index in [-0.39, 0.29) is 17.7 Å². The van der Waals surface area contributed by atoms with E-state index in [0.717, 1.165) is 64.2 Å². The SMILES string of the molecule is C=CCCCOc1ccc(/C=C/C2CCC(c3ccc(C4CCC(C)CC4)c(F)c3F)CC2)c(F)c1. The molecule has 0 N–H and O–H groups in total. The number of ether oxygens (including phenoxy) is 1. The second kappa shape index (κ2) is 12.7. The van der Waals surface area contributed by atoms with E-state index in [9.17, 15) is 4.39 Å². The summed E-state index contributed by atoms with van der Waals surface area (Å²) in [4.78, 5) is 0. The van der Waals surface area contributed by atoms with Gasteiger partial charge in [0.25, 0.3) is 0 Å². The van der Waals surface area contributed by atoms with E-state index in [2.05, 4.69) is 19.6 Å². The van der Waals surface area contributed by atoms with Crippen LogP contribution in [0.25, 0.3) is 6.08 Å². The molecule has 0 heterocycles. The maximum Gasteiger partial charge on any atom is 0.162 e. The van der Waals surface area contributed by atoms with Gasteiger partial charge < -0.3 is 4.74 Å². The summed E-state index contributed by atoms with van der Waals surface area (Å²) in [6.07, 6.45) is 14.9. The van der Waals surface area contributed by atoms with Gasteiger partial charge in [-0.3, -0.25) is 0 Å². The summed E-state index contributed by atoms with van der Waals surface area (Å²) in [7, 11) is 0. The fraction of sp³-hybridized carbons (Fsp3) is 0.500. The number of allylic oxidation sites excluding steroid dienone is 2. The normalized spacial score (nSPS) is 24.7. The lowest BCUT2D eigenvalue weighted by Gasteiger charge is -2.29. The van der Waals surface area contributed by atoms with Crippen molar-refractivity contribution in [2.24, 2.45) is 11.8 Å². The molecular formula is C32H39F3O. The van der Waals surface area contributed by atoms with E-state index >= 15 is 8.78 Å². The summed E-state index contributed by atoms with van der Waals surface area (Å²) in [5.74, 6) is 0.144. The third-order valence-electron chi connectivity index (χ3n) is 8.15. The first kappa shape index (κ1) is 26.6. The van der Waals surface area contributed by atoms with Crippen LogP contribution < -0.4 is 4.74 Å². The lowest BCUT2D eigenvalue weighted by atomic mass is 9.76. The van der Waals surface area contributed by atoms with Gasteiger partial charge in [-0.15, -0.1) is 6.58 Å². The number of rotatable bonds is 9. The largest absolute Gasteiger partial charge is 0.493 e. The minimum Gasteiger partial charge on any atom is -0.493 e. The molecule has 1 nitrogen and oxygen atoms in total. The molecule has 2 aromatic rings. The molecule has 0 amide bonds. The molecular weight excluding hydrogens is 457 g/mol. The molecule has 0 aliphatic heterocycles. The quantitative estimate of drug-likeness (QED) is 0.248. The van der Waals surface area contributed by atoms with Crippen LogP contribution in [-0.2, 0) is 0 Å². The highest BCUT2D eigenvalue weighted by molar-refractivity contribution is 5.52.